The molecule has 8 rings (SSSR count). The number of rotatable bonds is 17. The van der Waals surface area contributed by atoms with Gasteiger partial charge in [0, 0.05) is 57.5 Å². The summed E-state index contributed by atoms with van der Waals surface area (Å²) in [7, 11) is 3.15. The second kappa shape index (κ2) is 17.5. The van der Waals surface area contributed by atoms with Crippen LogP contribution in [-0.4, -0.2) is 131 Å². The molecule has 16 heteroatoms. The van der Waals surface area contributed by atoms with Crippen molar-refractivity contribution < 1.29 is 38.4 Å². The van der Waals surface area contributed by atoms with Crippen molar-refractivity contribution in [2.24, 2.45) is 11.8 Å². The molecule has 0 aromatic heterocycles. The second-order valence-electron chi connectivity index (χ2n) is 14.7. The van der Waals surface area contributed by atoms with Gasteiger partial charge in [-0.3, -0.25) is 9.69 Å². The standard InChI is InChI=1S/C38H52Cl2N6O8/c1-50-13-15-52-33-19-29(41)27(39)17-31(33)43-21-38(24-45-11-7-26(38)8-12-45)54-36(48)4-3-35(47)46(23-37(49)22-44-9-5-25(37)6-10-44)32-18-28(40)30(42)20-34(32)53-16-14-51-2/h3-4,17-20,25-26,43,49H,5-16,21-24,41-42H2,1-2H3/b4-3+. The first kappa shape index (κ1) is 40.2. The monoisotopic (exact) mass is 790 g/mol. The average Bonchev–Trinajstić information content (AvgIpc) is 3.16. The lowest BCUT2D eigenvalue weighted by Gasteiger charge is -2.52. The molecule has 6 saturated heterocycles. The Kier molecular flexibility index (Phi) is 13.0. The number of methoxy groups -OCH3 is 2. The zero-order valence-corrected chi connectivity index (χ0v) is 32.5. The maximum atomic E-state index is 14.2. The van der Waals surface area contributed by atoms with Gasteiger partial charge in [-0.1, -0.05) is 23.2 Å². The Morgan fingerprint density at radius 2 is 1.43 bits per heavy atom. The van der Waals surface area contributed by atoms with Gasteiger partial charge in [0.25, 0.3) is 5.91 Å². The largest absolute Gasteiger partial charge is 0.489 e. The molecule has 6 N–H and O–H groups in total. The Morgan fingerprint density at radius 1 is 0.852 bits per heavy atom. The Morgan fingerprint density at radius 3 is 2.00 bits per heavy atom. The summed E-state index contributed by atoms with van der Waals surface area (Å²) in [6.45, 7) is 5.95. The molecule has 54 heavy (non-hydrogen) atoms. The van der Waals surface area contributed by atoms with Crippen molar-refractivity contribution in [3.05, 3.63) is 46.5 Å². The third kappa shape index (κ3) is 9.13. The Balaban J connectivity index is 1.25. The van der Waals surface area contributed by atoms with Crippen molar-refractivity contribution in [2.75, 3.05) is 115 Å². The highest BCUT2D eigenvalue weighted by atomic mass is 35.5. The first-order valence-corrected chi connectivity index (χ1v) is 19.2. The maximum absolute atomic E-state index is 14.2. The van der Waals surface area contributed by atoms with Crippen LogP contribution in [0.5, 0.6) is 11.5 Å². The number of benzene rings is 2. The number of piperidine rings is 6. The predicted molar refractivity (Wildman–Crippen MR) is 209 cm³/mol. The summed E-state index contributed by atoms with van der Waals surface area (Å²) >= 11 is 12.9. The van der Waals surface area contributed by atoms with E-state index >= 15 is 0 Å². The lowest BCUT2D eigenvalue weighted by Crippen LogP contribution is -2.64. The number of carbonyl (C=O) groups excluding carboxylic acids is 2. The number of nitrogens with zero attached hydrogens (tertiary/aromatic N) is 3. The predicted octanol–water partition coefficient (Wildman–Crippen LogP) is 3.67. The molecule has 4 bridgehead atoms. The van der Waals surface area contributed by atoms with Crippen molar-refractivity contribution in [2.45, 2.75) is 36.9 Å². The van der Waals surface area contributed by atoms with E-state index in [-0.39, 0.29) is 42.2 Å². The topological polar surface area (TPSA) is 174 Å². The molecule has 2 aromatic rings. The van der Waals surface area contributed by atoms with Crippen LogP contribution in [0.25, 0.3) is 0 Å². The summed E-state index contributed by atoms with van der Waals surface area (Å²) in [6.07, 6.45) is 5.67. The number of aliphatic hydroxyl groups is 1. The number of carbonyl (C=O) groups is 2. The number of hydrogen-bond donors (Lipinski definition) is 4. The smallest absolute Gasteiger partial charge is 0.331 e. The maximum Gasteiger partial charge on any atom is 0.331 e. The summed E-state index contributed by atoms with van der Waals surface area (Å²) in [5.41, 5.74) is 11.7. The van der Waals surface area contributed by atoms with Crippen LogP contribution in [0.4, 0.5) is 22.7 Å². The Labute approximate surface area is 326 Å². The summed E-state index contributed by atoms with van der Waals surface area (Å²) in [6, 6.07) is 6.46. The first-order valence-electron chi connectivity index (χ1n) is 18.5. The SMILES string of the molecule is COCCOc1cc(N)c(Cl)cc1NCC1(OC(=O)/C=C/C(=O)N(CC2(O)CN3CCC2CC3)c2cc(Cl)c(N)cc2OCCOC)CN2CCC1CC2. The highest BCUT2D eigenvalue weighted by Crippen LogP contribution is 2.42. The molecular weight excluding hydrogens is 739 g/mol. The molecule has 0 radical (unpaired) electrons. The molecular formula is C38H52Cl2N6O8. The van der Waals surface area contributed by atoms with E-state index in [1.165, 1.54) is 11.0 Å². The molecule has 2 unspecified atom stereocenters. The van der Waals surface area contributed by atoms with Crippen LogP contribution in [-0.2, 0) is 23.8 Å². The number of esters is 1. The second-order valence-corrected chi connectivity index (χ2v) is 15.5. The van der Waals surface area contributed by atoms with E-state index in [1.807, 2.05) is 0 Å². The van der Waals surface area contributed by atoms with Crippen LogP contribution in [0.3, 0.4) is 0 Å². The molecule has 2 atom stereocenters. The first-order chi connectivity index (χ1) is 25.9. The molecule has 6 aliphatic rings. The van der Waals surface area contributed by atoms with Gasteiger partial charge < -0.3 is 55.4 Å². The number of nitrogens with one attached hydrogen (secondary N) is 1. The van der Waals surface area contributed by atoms with Crippen molar-refractivity contribution in [1.82, 2.24) is 9.80 Å². The molecule has 1 amide bonds. The number of ether oxygens (including phenoxy) is 5. The van der Waals surface area contributed by atoms with Crippen LogP contribution in [0, 0.1) is 11.8 Å². The highest BCUT2D eigenvalue weighted by molar-refractivity contribution is 6.34. The summed E-state index contributed by atoms with van der Waals surface area (Å²) in [5, 5.41) is 16.0. The fourth-order valence-electron chi connectivity index (χ4n) is 8.25. The van der Waals surface area contributed by atoms with Gasteiger partial charge in [-0.2, -0.15) is 0 Å². The molecule has 2 aromatic carbocycles. The van der Waals surface area contributed by atoms with E-state index in [2.05, 4.69) is 15.1 Å². The molecule has 14 nitrogen and oxygen atoms in total. The zero-order valence-electron chi connectivity index (χ0n) is 31.0. The fourth-order valence-corrected chi connectivity index (χ4v) is 8.57. The fraction of sp³-hybridized carbons (Fsp3) is 0.579. The summed E-state index contributed by atoms with van der Waals surface area (Å²) in [4.78, 5) is 33.9. The van der Waals surface area contributed by atoms with Gasteiger partial charge >= 0.3 is 5.97 Å². The molecule has 6 heterocycles. The third-order valence-corrected chi connectivity index (χ3v) is 11.8. The molecule has 6 fully saturated rings. The average molecular weight is 792 g/mol. The van der Waals surface area contributed by atoms with Crippen molar-refractivity contribution in [3.8, 4) is 11.5 Å². The highest BCUT2D eigenvalue weighted by Gasteiger charge is 2.50. The van der Waals surface area contributed by atoms with Gasteiger partial charge in [0.1, 0.15) is 30.3 Å². The van der Waals surface area contributed by atoms with Crippen LogP contribution >= 0.6 is 23.2 Å². The quantitative estimate of drug-likeness (QED) is 0.0792. The van der Waals surface area contributed by atoms with E-state index in [4.69, 9.17) is 58.4 Å². The van der Waals surface area contributed by atoms with Crippen molar-refractivity contribution in [1.29, 1.82) is 0 Å². The van der Waals surface area contributed by atoms with Crippen LogP contribution in [0.1, 0.15) is 25.7 Å². The van der Waals surface area contributed by atoms with E-state index in [9.17, 15) is 14.7 Å². The molecule has 0 aliphatic carbocycles. The van der Waals surface area contributed by atoms with Crippen molar-refractivity contribution in [3.63, 3.8) is 0 Å². The Bertz CT molecular complexity index is 1690. The van der Waals surface area contributed by atoms with E-state index in [1.54, 1.807) is 38.5 Å². The Hall–Kier alpha value is -3.50. The number of hydrogen-bond acceptors (Lipinski definition) is 13. The minimum absolute atomic E-state index is 0.000212. The van der Waals surface area contributed by atoms with Gasteiger partial charge in [0.05, 0.1) is 64.7 Å². The molecule has 0 spiro atoms. The van der Waals surface area contributed by atoms with Gasteiger partial charge in [0.2, 0.25) is 0 Å². The van der Waals surface area contributed by atoms with E-state index in [0.29, 0.717) is 66.5 Å². The van der Waals surface area contributed by atoms with Crippen LogP contribution in [0.15, 0.2) is 36.4 Å². The number of amides is 1. The van der Waals surface area contributed by atoms with Crippen LogP contribution in [0.2, 0.25) is 10.0 Å². The zero-order chi connectivity index (χ0) is 38.5. The minimum atomic E-state index is -1.19. The van der Waals surface area contributed by atoms with Gasteiger partial charge in [-0.05, 0) is 69.9 Å². The lowest BCUT2D eigenvalue weighted by atomic mass is 9.75. The van der Waals surface area contributed by atoms with Gasteiger partial charge in [-0.15, -0.1) is 0 Å². The van der Waals surface area contributed by atoms with Gasteiger partial charge in [-0.25, -0.2) is 4.79 Å². The normalized spacial score (nSPS) is 27.2. The summed E-state index contributed by atoms with van der Waals surface area (Å²) in [5.74, 6) is -0.339. The van der Waals surface area contributed by atoms with E-state index < -0.39 is 23.1 Å². The number of anilines is 4. The summed E-state index contributed by atoms with van der Waals surface area (Å²) < 4.78 is 28.6. The van der Waals surface area contributed by atoms with Gasteiger partial charge in [0.15, 0.2) is 0 Å². The molecule has 0 saturated carbocycles. The molecule has 6 aliphatic heterocycles. The number of halogens is 2. The number of nitrogens with two attached hydrogens (primary N) is 2. The minimum Gasteiger partial charge on any atom is -0.489 e. The number of fused-ring (bicyclic) bond motifs is 6. The van der Waals surface area contributed by atoms with E-state index in [0.717, 1.165) is 57.9 Å². The van der Waals surface area contributed by atoms with Crippen LogP contribution < -0.4 is 31.2 Å². The molecule has 296 valence electrons. The third-order valence-electron chi connectivity index (χ3n) is 11.2. The number of nitrogen functional groups attached to an aromatic ring is 2. The van der Waals surface area contributed by atoms with Crippen molar-refractivity contribution >= 4 is 57.8 Å². The lowest BCUT2D eigenvalue weighted by molar-refractivity contribution is -0.174.